The maximum atomic E-state index is 12.3. The molecule has 0 unspecified atom stereocenters. The van der Waals surface area contributed by atoms with Crippen molar-refractivity contribution in [2.24, 2.45) is 0 Å². The molecule has 0 atom stereocenters. The first-order chi connectivity index (χ1) is 6.04. The van der Waals surface area contributed by atoms with E-state index in [9.17, 15) is 13.6 Å². The van der Waals surface area contributed by atoms with Crippen molar-refractivity contribution in [1.29, 1.82) is 0 Å². The second kappa shape index (κ2) is 4.11. The van der Waals surface area contributed by atoms with Crippen LogP contribution in [0.4, 0.5) is 13.6 Å². The summed E-state index contributed by atoms with van der Waals surface area (Å²) in [6.07, 6.45) is -3.46. The van der Waals surface area contributed by atoms with Gasteiger partial charge in [-0.05, 0) is 34.6 Å². The van der Waals surface area contributed by atoms with Crippen molar-refractivity contribution < 1.29 is 18.3 Å². The molecule has 5 heteroatoms. The van der Waals surface area contributed by atoms with Crippen molar-refractivity contribution in [3.8, 4) is 0 Å². The molecule has 0 aromatic rings. The number of alkyl carbamates (subject to hydrolysis) is 1. The van der Waals surface area contributed by atoms with Crippen molar-refractivity contribution >= 4 is 6.09 Å². The van der Waals surface area contributed by atoms with Gasteiger partial charge >= 0.3 is 6.09 Å². The highest BCUT2D eigenvalue weighted by atomic mass is 19.3. The van der Waals surface area contributed by atoms with Crippen molar-refractivity contribution in [2.75, 3.05) is 0 Å². The summed E-state index contributed by atoms with van der Waals surface area (Å²) >= 11 is 0. The molecule has 0 radical (unpaired) electrons. The minimum absolute atomic E-state index is 0.678. The van der Waals surface area contributed by atoms with E-state index in [1.165, 1.54) is 13.8 Å². The van der Waals surface area contributed by atoms with Crippen LogP contribution in [-0.4, -0.2) is 23.7 Å². The Morgan fingerprint density at radius 2 is 1.64 bits per heavy atom. The Bertz CT molecular complexity index is 209. The van der Waals surface area contributed by atoms with Gasteiger partial charge in [-0.3, -0.25) is 0 Å². The van der Waals surface area contributed by atoms with Crippen LogP contribution in [0.2, 0.25) is 0 Å². The molecule has 1 N–H and O–H groups in total. The van der Waals surface area contributed by atoms with Crippen molar-refractivity contribution in [2.45, 2.75) is 52.2 Å². The Labute approximate surface area is 82.8 Å². The Morgan fingerprint density at radius 1 is 1.21 bits per heavy atom. The number of hydrogen-bond donors (Lipinski definition) is 1. The van der Waals surface area contributed by atoms with Crippen LogP contribution in [0.3, 0.4) is 0 Å². The first-order valence-corrected chi connectivity index (χ1v) is 4.34. The van der Waals surface area contributed by atoms with Crippen LogP contribution in [0.1, 0.15) is 34.6 Å². The van der Waals surface area contributed by atoms with Gasteiger partial charge in [0.25, 0.3) is 6.43 Å². The van der Waals surface area contributed by atoms with E-state index in [-0.39, 0.29) is 0 Å². The third-order valence-corrected chi connectivity index (χ3v) is 1.37. The minimum atomic E-state index is -2.63. The lowest BCUT2D eigenvalue weighted by atomic mass is 10.1. The quantitative estimate of drug-likeness (QED) is 0.759. The van der Waals surface area contributed by atoms with E-state index in [1.807, 2.05) is 0 Å². The van der Waals surface area contributed by atoms with Gasteiger partial charge in [-0.2, -0.15) is 0 Å². The molecule has 0 rings (SSSR count). The predicted molar refractivity (Wildman–Crippen MR) is 49.5 cm³/mol. The van der Waals surface area contributed by atoms with Gasteiger partial charge in [-0.1, -0.05) is 0 Å². The molecule has 0 saturated carbocycles. The molecular weight excluding hydrogens is 192 g/mol. The summed E-state index contributed by atoms with van der Waals surface area (Å²) in [5, 5.41) is 2.10. The summed E-state index contributed by atoms with van der Waals surface area (Å²) in [6, 6.07) is 0. The van der Waals surface area contributed by atoms with Crippen LogP contribution in [0.5, 0.6) is 0 Å². The summed E-state index contributed by atoms with van der Waals surface area (Å²) in [5.74, 6) is 0. The molecule has 0 spiro atoms. The summed E-state index contributed by atoms with van der Waals surface area (Å²) in [7, 11) is 0. The molecule has 1 amide bonds. The first-order valence-electron chi connectivity index (χ1n) is 4.34. The monoisotopic (exact) mass is 209 g/mol. The number of halogens is 2. The van der Waals surface area contributed by atoms with E-state index in [0.29, 0.717) is 0 Å². The largest absolute Gasteiger partial charge is 0.444 e. The van der Waals surface area contributed by atoms with Gasteiger partial charge in [0, 0.05) is 0 Å². The van der Waals surface area contributed by atoms with Gasteiger partial charge in [0.2, 0.25) is 0 Å². The van der Waals surface area contributed by atoms with Crippen molar-refractivity contribution in [1.82, 2.24) is 5.32 Å². The lowest BCUT2D eigenvalue weighted by molar-refractivity contribution is 0.0188. The van der Waals surface area contributed by atoms with Crippen molar-refractivity contribution in [3.63, 3.8) is 0 Å². The molecule has 14 heavy (non-hydrogen) atoms. The first kappa shape index (κ1) is 13.1. The van der Waals surface area contributed by atoms with Crippen LogP contribution in [0, 0.1) is 0 Å². The SMILES string of the molecule is CC(C)(C)OC(=O)NC(C)(C)C(F)F. The summed E-state index contributed by atoms with van der Waals surface area (Å²) < 4.78 is 29.5. The summed E-state index contributed by atoms with van der Waals surface area (Å²) in [5.41, 5.74) is -2.25. The normalized spacial score (nSPS) is 12.9. The lowest BCUT2D eigenvalue weighted by Gasteiger charge is -2.27. The Morgan fingerprint density at radius 3 is 1.93 bits per heavy atom. The Balaban J connectivity index is 4.20. The van der Waals surface area contributed by atoms with Crippen LogP contribution in [-0.2, 0) is 4.74 Å². The molecule has 0 saturated heterocycles. The number of ether oxygens (including phenoxy) is 1. The average Bonchev–Trinajstić information content (AvgIpc) is 1.79. The molecular formula is C9H17F2NO2. The topological polar surface area (TPSA) is 38.3 Å². The Hall–Kier alpha value is -0.870. The zero-order chi connectivity index (χ0) is 11.6. The number of alkyl halides is 2. The number of amides is 1. The molecule has 0 aliphatic carbocycles. The lowest BCUT2D eigenvalue weighted by Crippen LogP contribution is -2.50. The van der Waals surface area contributed by atoms with E-state index < -0.39 is 23.7 Å². The third-order valence-electron chi connectivity index (χ3n) is 1.37. The standard InChI is InChI=1S/C9H17F2NO2/c1-8(2,3)14-7(13)12-9(4,5)6(10)11/h6H,1-5H3,(H,12,13). The van der Waals surface area contributed by atoms with E-state index in [2.05, 4.69) is 5.32 Å². The number of carbonyl (C=O) groups is 1. The molecule has 0 aliphatic rings. The number of carbonyl (C=O) groups excluding carboxylic acids is 1. The predicted octanol–water partition coefficient (Wildman–Crippen LogP) is 2.55. The molecule has 0 bridgehead atoms. The number of rotatable bonds is 2. The second-order valence-corrected chi connectivity index (χ2v) is 4.65. The smallest absolute Gasteiger partial charge is 0.408 e. The van der Waals surface area contributed by atoms with Gasteiger partial charge in [0.15, 0.2) is 0 Å². The van der Waals surface area contributed by atoms with Gasteiger partial charge < -0.3 is 10.1 Å². The van der Waals surface area contributed by atoms with Gasteiger partial charge in [0.1, 0.15) is 5.60 Å². The van der Waals surface area contributed by atoms with Crippen LogP contribution in [0.15, 0.2) is 0 Å². The molecule has 0 aliphatic heterocycles. The van der Waals surface area contributed by atoms with E-state index in [0.717, 1.165) is 0 Å². The molecule has 0 fully saturated rings. The van der Waals surface area contributed by atoms with Gasteiger partial charge in [-0.25, -0.2) is 13.6 Å². The highest BCUT2D eigenvalue weighted by molar-refractivity contribution is 5.68. The molecule has 0 aromatic heterocycles. The summed E-state index contributed by atoms with van der Waals surface area (Å²) in [4.78, 5) is 11.1. The second-order valence-electron chi connectivity index (χ2n) is 4.65. The third kappa shape index (κ3) is 4.99. The van der Waals surface area contributed by atoms with E-state index in [4.69, 9.17) is 4.74 Å². The summed E-state index contributed by atoms with van der Waals surface area (Å²) in [6.45, 7) is 7.48. The van der Waals surface area contributed by atoms with Crippen LogP contribution >= 0.6 is 0 Å². The maximum absolute atomic E-state index is 12.3. The fourth-order valence-corrected chi connectivity index (χ4v) is 0.621. The zero-order valence-electron chi connectivity index (χ0n) is 9.15. The van der Waals surface area contributed by atoms with Crippen LogP contribution in [0.25, 0.3) is 0 Å². The Kier molecular flexibility index (Phi) is 3.85. The highest BCUT2D eigenvalue weighted by Crippen LogP contribution is 2.15. The maximum Gasteiger partial charge on any atom is 0.408 e. The van der Waals surface area contributed by atoms with Crippen molar-refractivity contribution in [3.05, 3.63) is 0 Å². The van der Waals surface area contributed by atoms with Gasteiger partial charge in [-0.15, -0.1) is 0 Å². The highest BCUT2D eigenvalue weighted by Gasteiger charge is 2.32. The van der Waals surface area contributed by atoms with E-state index >= 15 is 0 Å². The number of nitrogens with one attached hydrogen (secondary N) is 1. The minimum Gasteiger partial charge on any atom is -0.444 e. The van der Waals surface area contributed by atoms with Crippen LogP contribution < -0.4 is 5.32 Å². The zero-order valence-corrected chi connectivity index (χ0v) is 9.15. The average molecular weight is 209 g/mol. The fraction of sp³-hybridized carbons (Fsp3) is 0.889. The number of hydrogen-bond acceptors (Lipinski definition) is 2. The molecule has 0 aromatic carbocycles. The molecule has 0 heterocycles. The molecule has 84 valence electrons. The van der Waals surface area contributed by atoms with Gasteiger partial charge in [0.05, 0.1) is 5.54 Å². The fourth-order valence-electron chi connectivity index (χ4n) is 0.621. The van der Waals surface area contributed by atoms with E-state index in [1.54, 1.807) is 20.8 Å². The molecule has 3 nitrogen and oxygen atoms in total.